The van der Waals surface area contributed by atoms with E-state index in [1.54, 1.807) is 0 Å². The molecule has 1 aromatic rings. The lowest BCUT2D eigenvalue weighted by molar-refractivity contribution is 0.0697. The highest BCUT2D eigenvalue weighted by molar-refractivity contribution is 9.10. The number of carbonyl (C=O) groups excluding carboxylic acids is 1. The van der Waals surface area contributed by atoms with Gasteiger partial charge in [-0.2, -0.15) is 11.8 Å². The van der Waals surface area contributed by atoms with Crippen molar-refractivity contribution in [1.29, 1.82) is 0 Å². The molecule has 1 heterocycles. The van der Waals surface area contributed by atoms with Gasteiger partial charge in [0.25, 0.3) is 5.91 Å². The Morgan fingerprint density at radius 1 is 1.44 bits per heavy atom. The molecule has 1 amide bonds. The molecule has 2 unspecified atom stereocenters. The zero-order valence-corrected chi connectivity index (χ0v) is 13.3. The molecule has 1 aromatic carbocycles. The zero-order chi connectivity index (χ0) is 13.3. The summed E-state index contributed by atoms with van der Waals surface area (Å²) in [6, 6.07) is 6.23. The third-order valence-corrected chi connectivity index (χ3v) is 5.53. The second-order valence-electron chi connectivity index (χ2n) is 4.80. The molecule has 18 heavy (non-hydrogen) atoms. The van der Waals surface area contributed by atoms with E-state index in [2.05, 4.69) is 29.8 Å². The minimum absolute atomic E-state index is 0.144. The number of halogens is 1. The largest absolute Gasteiger partial charge is 0.334 e. The number of hydrogen-bond donors (Lipinski definition) is 0. The maximum Gasteiger partial charge on any atom is 0.255 e. The van der Waals surface area contributed by atoms with E-state index in [4.69, 9.17) is 0 Å². The van der Waals surface area contributed by atoms with Crippen molar-refractivity contribution >= 4 is 33.6 Å². The predicted molar refractivity (Wildman–Crippen MR) is 81.3 cm³/mol. The van der Waals surface area contributed by atoms with Gasteiger partial charge < -0.3 is 4.90 Å². The summed E-state index contributed by atoms with van der Waals surface area (Å²) in [4.78, 5) is 14.6. The van der Waals surface area contributed by atoms with Gasteiger partial charge in [-0.25, -0.2) is 0 Å². The highest BCUT2D eigenvalue weighted by Gasteiger charge is 2.30. The predicted octanol–water partition coefficient (Wildman–Crippen LogP) is 3.72. The van der Waals surface area contributed by atoms with Crippen LogP contribution in [-0.2, 0) is 0 Å². The normalized spacial score (nSPS) is 24.1. The standard InChI is InChI=1S/C14H18BrNOS/c1-9-4-5-13(15)12(8-9)14(17)16-6-7-18-11(3)10(16)2/h4-5,8,10-11H,6-7H2,1-3H3. The fourth-order valence-electron chi connectivity index (χ4n) is 2.18. The van der Waals surface area contributed by atoms with Crippen LogP contribution in [0.15, 0.2) is 22.7 Å². The van der Waals surface area contributed by atoms with Gasteiger partial charge in [-0.3, -0.25) is 4.79 Å². The molecule has 2 atom stereocenters. The summed E-state index contributed by atoms with van der Waals surface area (Å²) in [5, 5.41) is 0.506. The van der Waals surface area contributed by atoms with Crippen LogP contribution in [0.25, 0.3) is 0 Å². The van der Waals surface area contributed by atoms with Crippen LogP contribution in [0.3, 0.4) is 0 Å². The van der Waals surface area contributed by atoms with Crippen LogP contribution in [0.1, 0.15) is 29.8 Å². The lowest BCUT2D eigenvalue weighted by Crippen LogP contribution is -2.48. The van der Waals surface area contributed by atoms with Crippen LogP contribution in [-0.4, -0.2) is 34.4 Å². The van der Waals surface area contributed by atoms with Gasteiger partial charge in [-0.05, 0) is 41.9 Å². The Bertz CT molecular complexity index is 463. The first-order valence-electron chi connectivity index (χ1n) is 6.19. The third kappa shape index (κ3) is 2.75. The molecule has 2 nitrogen and oxygen atoms in total. The number of rotatable bonds is 1. The summed E-state index contributed by atoms with van der Waals surface area (Å²) in [5.41, 5.74) is 1.90. The Labute approximate surface area is 121 Å². The minimum Gasteiger partial charge on any atom is -0.334 e. The summed E-state index contributed by atoms with van der Waals surface area (Å²) in [6.07, 6.45) is 0. The highest BCUT2D eigenvalue weighted by Crippen LogP contribution is 2.27. The van der Waals surface area contributed by atoms with E-state index < -0.39 is 0 Å². The molecular formula is C14H18BrNOS. The number of hydrogen-bond acceptors (Lipinski definition) is 2. The summed E-state index contributed by atoms with van der Waals surface area (Å²) in [5.74, 6) is 1.17. The third-order valence-electron chi connectivity index (χ3n) is 3.50. The maximum absolute atomic E-state index is 12.6. The van der Waals surface area contributed by atoms with Crippen molar-refractivity contribution in [2.24, 2.45) is 0 Å². The Kier molecular flexibility index (Phi) is 4.38. The molecule has 0 saturated carbocycles. The molecule has 1 fully saturated rings. The fraction of sp³-hybridized carbons (Fsp3) is 0.500. The molecule has 1 saturated heterocycles. The molecule has 1 aliphatic rings. The van der Waals surface area contributed by atoms with Gasteiger partial charge in [0.05, 0.1) is 5.56 Å². The number of thioether (sulfide) groups is 1. The van der Waals surface area contributed by atoms with Crippen molar-refractivity contribution in [1.82, 2.24) is 4.90 Å². The van der Waals surface area contributed by atoms with Crippen molar-refractivity contribution in [2.45, 2.75) is 32.1 Å². The number of carbonyl (C=O) groups is 1. The number of amides is 1. The average Bonchev–Trinajstić information content (AvgIpc) is 2.35. The van der Waals surface area contributed by atoms with Crippen LogP contribution in [0.4, 0.5) is 0 Å². The minimum atomic E-state index is 0.144. The van der Waals surface area contributed by atoms with Gasteiger partial charge in [0.2, 0.25) is 0 Å². The molecule has 2 rings (SSSR count). The smallest absolute Gasteiger partial charge is 0.255 e. The molecule has 4 heteroatoms. The van der Waals surface area contributed by atoms with E-state index in [0.717, 1.165) is 27.9 Å². The second-order valence-corrected chi connectivity index (χ2v) is 7.14. The SMILES string of the molecule is Cc1ccc(Br)c(C(=O)N2CCSC(C)C2C)c1. The second kappa shape index (κ2) is 5.66. The van der Waals surface area contributed by atoms with Gasteiger partial charge in [-0.15, -0.1) is 0 Å². The van der Waals surface area contributed by atoms with Crippen molar-refractivity contribution in [3.8, 4) is 0 Å². The molecule has 98 valence electrons. The monoisotopic (exact) mass is 327 g/mol. The lowest BCUT2D eigenvalue weighted by Gasteiger charge is -2.37. The van der Waals surface area contributed by atoms with Crippen molar-refractivity contribution in [3.63, 3.8) is 0 Å². The van der Waals surface area contributed by atoms with E-state index in [1.165, 1.54) is 0 Å². The summed E-state index contributed by atoms with van der Waals surface area (Å²) < 4.78 is 0.885. The summed E-state index contributed by atoms with van der Waals surface area (Å²) in [7, 11) is 0. The Morgan fingerprint density at radius 2 is 2.17 bits per heavy atom. The maximum atomic E-state index is 12.6. The average molecular weight is 328 g/mol. The molecule has 0 radical (unpaired) electrons. The van der Waals surface area contributed by atoms with Gasteiger partial charge in [0.15, 0.2) is 0 Å². The van der Waals surface area contributed by atoms with E-state index >= 15 is 0 Å². The fourth-order valence-corrected chi connectivity index (χ4v) is 3.69. The lowest BCUT2D eigenvalue weighted by atomic mass is 10.1. The van der Waals surface area contributed by atoms with Crippen LogP contribution >= 0.6 is 27.7 Å². The van der Waals surface area contributed by atoms with Crippen molar-refractivity contribution in [3.05, 3.63) is 33.8 Å². The molecule has 1 aliphatic heterocycles. The first-order valence-corrected chi connectivity index (χ1v) is 8.03. The first-order chi connectivity index (χ1) is 8.50. The number of aryl methyl sites for hydroxylation is 1. The molecular weight excluding hydrogens is 310 g/mol. The number of benzene rings is 1. The Hall–Kier alpha value is -0.480. The van der Waals surface area contributed by atoms with Crippen LogP contribution in [0.2, 0.25) is 0 Å². The quantitative estimate of drug-likeness (QED) is 0.783. The molecule has 0 bridgehead atoms. The highest BCUT2D eigenvalue weighted by atomic mass is 79.9. The molecule has 0 aromatic heterocycles. The molecule has 0 spiro atoms. The van der Waals surface area contributed by atoms with E-state index in [0.29, 0.717) is 11.3 Å². The topological polar surface area (TPSA) is 20.3 Å². The van der Waals surface area contributed by atoms with Gasteiger partial charge in [0, 0.05) is 28.1 Å². The Balaban J connectivity index is 2.27. The van der Waals surface area contributed by atoms with Gasteiger partial charge in [-0.1, -0.05) is 18.6 Å². The molecule has 0 aliphatic carbocycles. The summed E-state index contributed by atoms with van der Waals surface area (Å²) in [6.45, 7) is 7.19. The number of nitrogens with zero attached hydrogens (tertiary/aromatic N) is 1. The first kappa shape index (κ1) is 13.9. The van der Waals surface area contributed by atoms with Crippen molar-refractivity contribution in [2.75, 3.05) is 12.3 Å². The van der Waals surface area contributed by atoms with Gasteiger partial charge >= 0.3 is 0 Å². The zero-order valence-electron chi connectivity index (χ0n) is 10.9. The molecule has 0 N–H and O–H groups in total. The van der Waals surface area contributed by atoms with Gasteiger partial charge in [0.1, 0.15) is 0 Å². The van der Waals surface area contributed by atoms with Crippen LogP contribution in [0, 0.1) is 6.92 Å². The van der Waals surface area contributed by atoms with Crippen LogP contribution < -0.4 is 0 Å². The summed E-state index contributed by atoms with van der Waals surface area (Å²) >= 11 is 5.42. The van der Waals surface area contributed by atoms with E-state index in [9.17, 15) is 4.79 Å². The van der Waals surface area contributed by atoms with E-state index in [-0.39, 0.29) is 5.91 Å². The van der Waals surface area contributed by atoms with Crippen LogP contribution in [0.5, 0.6) is 0 Å². The van der Waals surface area contributed by atoms with Crippen molar-refractivity contribution < 1.29 is 4.79 Å². The van der Waals surface area contributed by atoms with E-state index in [1.807, 2.05) is 41.8 Å². The Morgan fingerprint density at radius 3 is 2.89 bits per heavy atom.